The molecular weight excluding hydrogens is 361 g/mol. The molecule has 0 saturated carbocycles. The van der Waals surface area contributed by atoms with Crippen molar-refractivity contribution >= 4 is 56.3 Å². The fourth-order valence-electron chi connectivity index (χ4n) is 2.08. The topological polar surface area (TPSA) is 29.4 Å². The Bertz CT molecular complexity index is 723. The number of carbonyl (C=O) groups excluding carboxylic acids is 1. The van der Waals surface area contributed by atoms with Crippen LogP contribution in [0.3, 0.4) is 0 Å². The van der Waals surface area contributed by atoms with Gasteiger partial charge in [-0.05, 0) is 29.8 Å². The summed E-state index contributed by atoms with van der Waals surface area (Å²) in [6.07, 6.45) is 0. The second-order valence-electron chi connectivity index (χ2n) is 4.39. The van der Waals surface area contributed by atoms with E-state index in [2.05, 4.69) is 20.9 Å². The fourth-order valence-corrected chi connectivity index (χ4v) is 2.85. The molecule has 0 aromatic heterocycles. The van der Waals surface area contributed by atoms with E-state index >= 15 is 0 Å². The van der Waals surface area contributed by atoms with E-state index in [-0.39, 0.29) is 5.78 Å². The van der Waals surface area contributed by atoms with Gasteiger partial charge in [-0.15, -0.1) is 0 Å². The second-order valence-corrected chi connectivity index (χ2v) is 6.63. The molecule has 20 heavy (non-hydrogen) atoms. The number of fused-ring (bicyclic) bond motifs is 1. The van der Waals surface area contributed by atoms with E-state index in [1.165, 1.54) is 0 Å². The van der Waals surface area contributed by atoms with Gasteiger partial charge in [-0.25, -0.2) is 4.99 Å². The van der Waals surface area contributed by atoms with Crippen LogP contribution in [-0.4, -0.2) is 15.8 Å². The van der Waals surface area contributed by atoms with Gasteiger partial charge < -0.3 is 0 Å². The number of benzene rings is 2. The summed E-state index contributed by atoms with van der Waals surface area (Å²) < 4.78 is -0.735. The maximum Gasteiger partial charge on any atom is 0.222 e. The average Bonchev–Trinajstić information content (AvgIpc) is 2.44. The van der Waals surface area contributed by atoms with Crippen LogP contribution >= 0.6 is 39.1 Å². The lowest BCUT2D eigenvalue weighted by Gasteiger charge is -2.26. The number of halogens is 3. The predicted molar refractivity (Wildman–Crippen MR) is 85.5 cm³/mol. The molecule has 2 aromatic rings. The zero-order valence-electron chi connectivity index (χ0n) is 10.1. The zero-order valence-corrected chi connectivity index (χ0v) is 13.2. The van der Waals surface area contributed by atoms with Crippen molar-refractivity contribution in [2.24, 2.45) is 4.99 Å². The van der Waals surface area contributed by atoms with Gasteiger partial charge in [0.05, 0.1) is 11.4 Å². The first kappa shape index (κ1) is 13.8. The highest BCUT2D eigenvalue weighted by Crippen LogP contribution is 2.39. The standard InChI is InChI=1S/C15H8BrCl2NO/c16-10-7-5-9(6-8-10)13-15(17,18)14(20)11-3-1-2-4-12(11)19-13/h1-8H. The van der Waals surface area contributed by atoms with Crippen LogP contribution < -0.4 is 0 Å². The first-order chi connectivity index (χ1) is 9.50. The van der Waals surface area contributed by atoms with E-state index in [1.54, 1.807) is 18.2 Å². The van der Waals surface area contributed by atoms with Crippen molar-refractivity contribution in [2.75, 3.05) is 0 Å². The quantitative estimate of drug-likeness (QED) is 0.655. The Morgan fingerprint density at radius 1 is 1.00 bits per heavy atom. The Morgan fingerprint density at radius 2 is 1.65 bits per heavy atom. The number of ketones is 1. The van der Waals surface area contributed by atoms with Crippen molar-refractivity contribution in [1.29, 1.82) is 0 Å². The first-order valence-electron chi connectivity index (χ1n) is 5.87. The lowest BCUT2D eigenvalue weighted by Crippen LogP contribution is -2.38. The number of alkyl halides is 2. The van der Waals surface area contributed by atoms with Crippen LogP contribution in [0.15, 0.2) is 58.0 Å². The van der Waals surface area contributed by atoms with Crippen LogP contribution in [0.25, 0.3) is 0 Å². The molecule has 5 heteroatoms. The average molecular weight is 369 g/mol. The molecule has 1 heterocycles. The Hall–Kier alpha value is -1.16. The van der Waals surface area contributed by atoms with Crippen molar-refractivity contribution in [3.63, 3.8) is 0 Å². The third-order valence-corrected chi connectivity index (χ3v) is 4.31. The van der Waals surface area contributed by atoms with Gasteiger partial charge in [0.2, 0.25) is 10.1 Å². The molecule has 2 aromatic carbocycles. The summed E-state index contributed by atoms with van der Waals surface area (Å²) in [5.41, 5.74) is 2.11. The molecule has 0 N–H and O–H groups in total. The second kappa shape index (κ2) is 4.99. The number of hydrogen-bond donors (Lipinski definition) is 0. The van der Waals surface area contributed by atoms with E-state index in [0.29, 0.717) is 17.0 Å². The van der Waals surface area contributed by atoms with Crippen LogP contribution in [0, 0.1) is 0 Å². The molecule has 0 bridgehead atoms. The number of carbonyl (C=O) groups is 1. The Morgan fingerprint density at radius 3 is 2.35 bits per heavy atom. The van der Waals surface area contributed by atoms with Crippen LogP contribution in [0.2, 0.25) is 0 Å². The van der Waals surface area contributed by atoms with Crippen LogP contribution in [0.5, 0.6) is 0 Å². The summed E-state index contributed by atoms with van der Waals surface area (Å²) in [7, 11) is 0. The largest absolute Gasteiger partial charge is 0.290 e. The minimum Gasteiger partial charge on any atom is -0.290 e. The van der Waals surface area contributed by atoms with Crippen molar-refractivity contribution in [3.8, 4) is 0 Å². The van der Waals surface area contributed by atoms with E-state index in [0.717, 1.165) is 10.0 Å². The summed E-state index contributed by atoms with van der Waals surface area (Å²) in [6, 6.07) is 14.4. The summed E-state index contributed by atoms with van der Waals surface area (Å²) >= 11 is 15.9. The molecule has 0 spiro atoms. The van der Waals surface area contributed by atoms with E-state index in [1.807, 2.05) is 30.3 Å². The van der Waals surface area contributed by atoms with Crippen molar-refractivity contribution < 1.29 is 4.79 Å². The zero-order chi connectivity index (χ0) is 14.3. The number of rotatable bonds is 1. The maximum atomic E-state index is 12.4. The number of Topliss-reactive ketones (excluding diaryl/α,β-unsaturated/α-hetero) is 1. The Labute approximate surface area is 134 Å². The van der Waals surface area contributed by atoms with Gasteiger partial charge in [-0.1, -0.05) is 63.4 Å². The molecule has 0 fully saturated rings. The Kier molecular flexibility index (Phi) is 3.44. The smallest absolute Gasteiger partial charge is 0.222 e. The van der Waals surface area contributed by atoms with E-state index in [9.17, 15) is 4.79 Å². The van der Waals surface area contributed by atoms with Crippen LogP contribution in [0.1, 0.15) is 15.9 Å². The number of aliphatic imine (C=N–C) groups is 1. The maximum absolute atomic E-state index is 12.4. The molecular formula is C15H8BrCl2NO. The van der Waals surface area contributed by atoms with Crippen LogP contribution in [-0.2, 0) is 0 Å². The van der Waals surface area contributed by atoms with E-state index < -0.39 is 4.33 Å². The molecule has 0 radical (unpaired) electrons. The summed E-state index contributed by atoms with van der Waals surface area (Å²) in [6.45, 7) is 0. The third-order valence-electron chi connectivity index (χ3n) is 3.08. The van der Waals surface area contributed by atoms with Gasteiger partial charge >= 0.3 is 0 Å². The van der Waals surface area contributed by atoms with Gasteiger partial charge in [-0.3, -0.25) is 4.79 Å². The van der Waals surface area contributed by atoms with Gasteiger partial charge in [0.25, 0.3) is 0 Å². The summed E-state index contributed by atoms with van der Waals surface area (Å²) in [4.78, 5) is 16.9. The number of hydrogen-bond acceptors (Lipinski definition) is 2. The molecule has 0 aliphatic carbocycles. The fraction of sp³-hybridized carbons (Fsp3) is 0.0667. The summed E-state index contributed by atoms with van der Waals surface area (Å²) in [5.74, 6) is -0.343. The summed E-state index contributed by atoms with van der Waals surface area (Å²) in [5, 5.41) is 0. The number of nitrogens with zero attached hydrogens (tertiary/aromatic N) is 1. The highest BCUT2D eigenvalue weighted by atomic mass is 79.9. The lowest BCUT2D eigenvalue weighted by molar-refractivity contribution is 0.0992. The van der Waals surface area contributed by atoms with Crippen molar-refractivity contribution in [3.05, 3.63) is 64.1 Å². The van der Waals surface area contributed by atoms with Gasteiger partial charge in [0.15, 0.2) is 0 Å². The van der Waals surface area contributed by atoms with Gasteiger partial charge in [-0.2, -0.15) is 0 Å². The normalized spacial score (nSPS) is 16.6. The molecule has 0 unspecified atom stereocenters. The van der Waals surface area contributed by atoms with Crippen molar-refractivity contribution in [1.82, 2.24) is 0 Å². The van der Waals surface area contributed by atoms with E-state index in [4.69, 9.17) is 23.2 Å². The SMILES string of the molecule is O=C1c2ccccc2N=C(c2ccc(Br)cc2)C1(Cl)Cl. The monoisotopic (exact) mass is 367 g/mol. The molecule has 0 amide bonds. The molecule has 0 atom stereocenters. The lowest BCUT2D eigenvalue weighted by atomic mass is 9.95. The predicted octanol–water partition coefficient (Wildman–Crippen LogP) is 4.94. The molecule has 100 valence electrons. The first-order valence-corrected chi connectivity index (χ1v) is 7.42. The van der Waals surface area contributed by atoms with Gasteiger partial charge in [0.1, 0.15) is 0 Å². The van der Waals surface area contributed by atoms with Crippen LogP contribution in [0.4, 0.5) is 5.69 Å². The third kappa shape index (κ3) is 2.20. The molecule has 1 aliphatic rings. The minimum atomic E-state index is -1.66. The molecule has 1 aliphatic heterocycles. The minimum absolute atomic E-state index is 0.343. The number of para-hydroxylation sites is 1. The highest BCUT2D eigenvalue weighted by molar-refractivity contribution is 9.10. The molecule has 3 rings (SSSR count). The molecule has 0 saturated heterocycles. The van der Waals surface area contributed by atoms with Gasteiger partial charge in [0, 0.05) is 10.0 Å². The Balaban J connectivity index is 2.21. The van der Waals surface area contributed by atoms with Crippen molar-refractivity contribution in [2.45, 2.75) is 4.33 Å². The highest BCUT2D eigenvalue weighted by Gasteiger charge is 2.44. The molecule has 2 nitrogen and oxygen atoms in total.